The standard InChI is InChI=1S/C23H23N3O3S/c1-15-25-19(14-30-15)18-9-7-17(8-10-18)11-12-24-23(28)22-13-26(16(2)27)20-5-3-4-6-21(20)29-22/h3-10,14,22H,11-13H2,1-2H3,(H,24,28). The monoisotopic (exact) mass is 421 g/mol. The summed E-state index contributed by atoms with van der Waals surface area (Å²) in [5, 5.41) is 6.03. The maximum atomic E-state index is 12.6. The van der Waals surface area contributed by atoms with Gasteiger partial charge in [0.15, 0.2) is 6.10 Å². The zero-order valence-electron chi connectivity index (χ0n) is 16.9. The van der Waals surface area contributed by atoms with E-state index in [0.717, 1.165) is 21.8 Å². The average Bonchev–Trinajstić information content (AvgIpc) is 3.19. The van der Waals surface area contributed by atoms with Crippen LogP contribution in [-0.2, 0) is 16.0 Å². The summed E-state index contributed by atoms with van der Waals surface area (Å²) in [5.41, 5.74) is 3.91. The first-order chi connectivity index (χ1) is 14.5. The maximum Gasteiger partial charge on any atom is 0.262 e. The number of aromatic nitrogens is 1. The van der Waals surface area contributed by atoms with Gasteiger partial charge < -0.3 is 15.0 Å². The van der Waals surface area contributed by atoms with E-state index in [9.17, 15) is 9.59 Å². The zero-order valence-corrected chi connectivity index (χ0v) is 17.7. The number of amides is 2. The van der Waals surface area contributed by atoms with Gasteiger partial charge in [-0.1, -0.05) is 36.4 Å². The highest BCUT2D eigenvalue weighted by Crippen LogP contribution is 2.33. The van der Waals surface area contributed by atoms with Gasteiger partial charge in [0.2, 0.25) is 5.91 Å². The minimum absolute atomic E-state index is 0.112. The minimum Gasteiger partial charge on any atom is -0.477 e. The Morgan fingerprint density at radius 1 is 1.20 bits per heavy atom. The van der Waals surface area contributed by atoms with E-state index < -0.39 is 6.10 Å². The molecule has 154 valence electrons. The predicted molar refractivity (Wildman–Crippen MR) is 118 cm³/mol. The van der Waals surface area contributed by atoms with E-state index in [1.54, 1.807) is 22.3 Å². The Bertz CT molecular complexity index is 1060. The van der Waals surface area contributed by atoms with Crippen molar-refractivity contribution in [3.63, 3.8) is 0 Å². The van der Waals surface area contributed by atoms with Gasteiger partial charge in [-0.25, -0.2) is 4.98 Å². The number of benzene rings is 2. The van der Waals surface area contributed by atoms with E-state index >= 15 is 0 Å². The molecule has 1 atom stereocenters. The van der Waals surface area contributed by atoms with E-state index in [4.69, 9.17) is 4.74 Å². The van der Waals surface area contributed by atoms with E-state index in [-0.39, 0.29) is 18.4 Å². The fourth-order valence-electron chi connectivity index (χ4n) is 3.45. The van der Waals surface area contributed by atoms with Gasteiger partial charge in [-0.15, -0.1) is 11.3 Å². The number of rotatable bonds is 5. The van der Waals surface area contributed by atoms with Gasteiger partial charge in [0, 0.05) is 24.4 Å². The number of hydrogen-bond acceptors (Lipinski definition) is 5. The van der Waals surface area contributed by atoms with Crippen molar-refractivity contribution >= 4 is 28.8 Å². The second kappa shape index (κ2) is 8.67. The molecule has 2 amide bonds. The molecule has 0 spiro atoms. The van der Waals surface area contributed by atoms with Crippen molar-refractivity contribution in [3.05, 3.63) is 64.5 Å². The lowest BCUT2D eigenvalue weighted by Crippen LogP contribution is -2.50. The number of anilines is 1. The third-order valence-corrected chi connectivity index (χ3v) is 5.80. The Hall–Kier alpha value is -3.19. The van der Waals surface area contributed by atoms with Gasteiger partial charge in [-0.05, 0) is 31.0 Å². The van der Waals surface area contributed by atoms with Crippen molar-refractivity contribution in [3.8, 4) is 17.0 Å². The van der Waals surface area contributed by atoms with Crippen LogP contribution in [0, 0.1) is 6.92 Å². The summed E-state index contributed by atoms with van der Waals surface area (Å²) in [5.74, 6) is 0.219. The molecule has 0 saturated carbocycles. The molecule has 1 unspecified atom stereocenters. The van der Waals surface area contributed by atoms with Crippen LogP contribution < -0.4 is 15.0 Å². The third kappa shape index (κ3) is 4.36. The largest absolute Gasteiger partial charge is 0.477 e. The van der Waals surface area contributed by atoms with E-state index in [1.807, 2.05) is 25.1 Å². The highest BCUT2D eigenvalue weighted by molar-refractivity contribution is 7.09. The first-order valence-corrected chi connectivity index (χ1v) is 10.7. The molecule has 1 N–H and O–H groups in total. The molecule has 0 fully saturated rings. The van der Waals surface area contributed by atoms with Crippen LogP contribution in [0.2, 0.25) is 0 Å². The molecule has 1 aliphatic heterocycles. The van der Waals surface area contributed by atoms with Gasteiger partial charge in [0.05, 0.1) is 22.9 Å². The molecule has 2 aromatic carbocycles. The first kappa shape index (κ1) is 20.1. The molecular weight excluding hydrogens is 398 g/mol. The topological polar surface area (TPSA) is 71.5 Å². The van der Waals surface area contributed by atoms with Gasteiger partial charge in [0.25, 0.3) is 5.91 Å². The number of fused-ring (bicyclic) bond motifs is 1. The maximum absolute atomic E-state index is 12.6. The third-order valence-electron chi connectivity index (χ3n) is 5.03. The lowest BCUT2D eigenvalue weighted by molar-refractivity contribution is -0.128. The second-order valence-electron chi connectivity index (χ2n) is 7.19. The molecule has 0 saturated heterocycles. The number of hydrogen-bond donors (Lipinski definition) is 1. The number of nitrogens with zero attached hydrogens (tertiary/aromatic N) is 2. The summed E-state index contributed by atoms with van der Waals surface area (Å²) in [6, 6.07) is 15.5. The minimum atomic E-state index is -0.723. The van der Waals surface area contributed by atoms with E-state index in [1.165, 1.54) is 6.92 Å². The number of nitrogens with one attached hydrogen (secondary N) is 1. The van der Waals surface area contributed by atoms with Crippen molar-refractivity contribution in [1.29, 1.82) is 0 Å². The summed E-state index contributed by atoms with van der Waals surface area (Å²) in [6.45, 7) is 4.19. The van der Waals surface area contributed by atoms with Crippen LogP contribution in [0.15, 0.2) is 53.9 Å². The molecule has 0 aliphatic carbocycles. The van der Waals surface area contributed by atoms with Crippen molar-refractivity contribution in [2.45, 2.75) is 26.4 Å². The molecule has 1 aromatic heterocycles. The molecule has 7 heteroatoms. The number of ether oxygens (including phenoxy) is 1. The molecule has 30 heavy (non-hydrogen) atoms. The molecule has 2 heterocycles. The predicted octanol–water partition coefficient (Wildman–Crippen LogP) is 3.59. The van der Waals surface area contributed by atoms with Crippen LogP contribution in [0.4, 0.5) is 5.69 Å². The number of thiazole rings is 1. The highest BCUT2D eigenvalue weighted by Gasteiger charge is 2.32. The summed E-state index contributed by atoms with van der Waals surface area (Å²) < 4.78 is 5.83. The smallest absolute Gasteiger partial charge is 0.262 e. The number of aryl methyl sites for hydroxylation is 1. The molecule has 0 bridgehead atoms. The van der Waals surface area contributed by atoms with Crippen LogP contribution in [0.1, 0.15) is 17.5 Å². The summed E-state index contributed by atoms with van der Waals surface area (Å²) in [7, 11) is 0. The lowest BCUT2D eigenvalue weighted by Gasteiger charge is -2.33. The average molecular weight is 422 g/mol. The molecule has 4 rings (SSSR count). The molecule has 0 radical (unpaired) electrons. The molecular formula is C23H23N3O3S. The van der Waals surface area contributed by atoms with Crippen LogP contribution in [0.5, 0.6) is 5.75 Å². The summed E-state index contributed by atoms with van der Waals surface area (Å²) in [4.78, 5) is 30.7. The van der Waals surface area contributed by atoms with E-state index in [2.05, 4.69) is 39.9 Å². The number of carbonyl (C=O) groups excluding carboxylic acids is 2. The Labute approximate surface area is 179 Å². The molecule has 1 aliphatic rings. The van der Waals surface area contributed by atoms with Gasteiger partial charge in [-0.2, -0.15) is 0 Å². The SMILES string of the molecule is CC(=O)N1CC(C(=O)NCCc2ccc(-c3csc(C)n3)cc2)Oc2ccccc21. The number of carbonyl (C=O) groups is 2. The Balaban J connectivity index is 1.33. The van der Waals surface area contributed by atoms with Gasteiger partial charge in [-0.3, -0.25) is 9.59 Å². The quantitative estimate of drug-likeness (QED) is 0.683. The Morgan fingerprint density at radius 3 is 2.67 bits per heavy atom. The van der Waals surface area contributed by atoms with Crippen molar-refractivity contribution in [1.82, 2.24) is 10.3 Å². The first-order valence-electron chi connectivity index (χ1n) is 9.84. The summed E-state index contributed by atoms with van der Waals surface area (Å²) >= 11 is 1.64. The van der Waals surface area contributed by atoms with Crippen molar-refractivity contribution < 1.29 is 14.3 Å². The summed E-state index contributed by atoms with van der Waals surface area (Å²) in [6.07, 6.45) is -0.0129. The van der Waals surface area contributed by atoms with Gasteiger partial charge in [0.1, 0.15) is 5.75 Å². The van der Waals surface area contributed by atoms with Crippen LogP contribution >= 0.6 is 11.3 Å². The Kier molecular flexibility index (Phi) is 5.81. The fourth-order valence-corrected chi connectivity index (χ4v) is 4.07. The molecule has 3 aromatic rings. The second-order valence-corrected chi connectivity index (χ2v) is 8.26. The van der Waals surface area contributed by atoms with Gasteiger partial charge >= 0.3 is 0 Å². The highest BCUT2D eigenvalue weighted by atomic mass is 32.1. The molecule has 6 nitrogen and oxygen atoms in total. The fraction of sp³-hybridized carbons (Fsp3) is 0.261. The van der Waals surface area contributed by atoms with Crippen LogP contribution in [-0.4, -0.2) is 36.0 Å². The Morgan fingerprint density at radius 2 is 1.97 bits per heavy atom. The lowest BCUT2D eigenvalue weighted by atomic mass is 10.1. The van der Waals surface area contributed by atoms with E-state index in [0.29, 0.717) is 24.4 Å². The van der Waals surface area contributed by atoms with Crippen LogP contribution in [0.3, 0.4) is 0 Å². The zero-order chi connectivity index (χ0) is 21.1. The van der Waals surface area contributed by atoms with Crippen molar-refractivity contribution in [2.75, 3.05) is 18.0 Å². The van der Waals surface area contributed by atoms with Crippen molar-refractivity contribution in [2.24, 2.45) is 0 Å². The normalized spacial score (nSPS) is 15.3. The number of para-hydroxylation sites is 2. The van der Waals surface area contributed by atoms with Crippen LogP contribution in [0.25, 0.3) is 11.3 Å².